The van der Waals surface area contributed by atoms with Crippen molar-refractivity contribution in [3.63, 3.8) is 0 Å². The summed E-state index contributed by atoms with van der Waals surface area (Å²) in [5.74, 6) is 0. The second-order valence-corrected chi connectivity index (χ2v) is 3.36. The van der Waals surface area contributed by atoms with Crippen molar-refractivity contribution in [3.05, 3.63) is 12.2 Å². The second-order valence-electron chi connectivity index (χ2n) is 3.36. The fraction of sp³-hybridized carbons (Fsp3) is 0.750. The zero-order chi connectivity index (χ0) is 7.78. The monoisotopic (exact) mass is 141 g/mol. The first-order valence-electron chi connectivity index (χ1n) is 3.58. The summed E-state index contributed by atoms with van der Waals surface area (Å²) in [5, 5.41) is 3.31. The van der Waals surface area contributed by atoms with Gasteiger partial charge in [0, 0.05) is 0 Å². The van der Waals surface area contributed by atoms with E-state index in [-0.39, 0.29) is 5.72 Å². The van der Waals surface area contributed by atoms with Gasteiger partial charge in [0.05, 0.1) is 12.6 Å². The van der Waals surface area contributed by atoms with Crippen molar-refractivity contribution >= 4 is 0 Å². The molecule has 2 heteroatoms. The molecule has 1 heterocycles. The Kier molecular flexibility index (Phi) is 1.84. The first kappa shape index (κ1) is 7.76. The molecule has 0 aromatic carbocycles. The largest absolute Gasteiger partial charge is 0.359 e. The second kappa shape index (κ2) is 2.36. The summed E-state index contributed by atoms with van der Waals surface area (Å²) in [6, 6.07) is 0.343. The zero-order valence-corrected chi connectivity index (χ0v) is 6.90. The zero-order valence-electron chi connectivity index (χ0n) is 6.90. The quantitative estimate of drug-likeness (QED) is 0.555. The van der Waals surface area contributed by atoms with E-state index in [9.17, 15) is 0 Å². The van der Waals surface area contributed by atoms with Crippen LogP contribution in [0.5, 0.6) is 0 Å². The Hall–Kier alpha value is -0.340. The third kappa shape index (κ3) is 1.58. The van der Waals surface area contributed by atoms with Crippen LogP contribution in [0.3, 0.4) is 0 Å². The normalized spacial score (nSPS) is 30.5. The van der Waals surface area contributed by atoms with Crippen LogP contribution in [0.25, 0.3) is 0 Å². The standard InChI is InChI=1S/C8H15NO/c1-6(2)7-5-10-8(3,4)9-7/h7,9H,1,5H2,2-4H3/t7-/m0/s1. The maximum Gasteiger partial charge on any atom is 0.114 e. The third-order valence-electron chi connectivity index (χ3n) is 1.73. The van der Waals surface area contributed by atoms with Gasteiger partial charge in [-0.2, -0.15) is 0 Å². The number of rotatable bonds is 1. The van der Waals surface area contributed by atoms with Crippen molar-refractivity contribution in [2.24, 2.45) is 0 Å². The lowest BCUT2D eigenvalue weighted by atomic mass is 10.1. The minimum absolute atomic E-state index is 0.163. The summed E-state index contributed by atoms with van der Waals surface area (Å²) in [4.78, 5) is 0. The van der Waals surface area contributed by atoms with Gasteiger partial charge in [0.25, 0.3) is 0 Å². The van der Waals surface area contributed by atoms with Crippen LogP contribution in [0.1, 0.15) is 20.8 Å². The van der Waals surface area contributed by atoms with Gasteiger partial charge in [-0.15, -0.1) is 0 Å². The molecule has 0 unspecified atom stereocenters. The van der Waals surface area contributed by atoms with Crippen LogP contribution in [0.4, 0.5) is 0 Å². The van der Waals surface area contributed by atoms with Gasteiger partial charge < -0.3 is 4.74 Å². The van der Waals surface area contributed by atoms with Gasteiger partial charge in [-0.25, -0.2) is 0 Å². The van der Waals surface area contributed by atoms with Crippen molar-refractivity contribution in [3.8, 4) is 0 Å². The molecule has 1 aliphatic rings. The Bertz CT molecular complexity index is 151. The van der Waals surface area contributed by atoms with Crippen LogP contribution in [0, 0.1) is 0 Å². The number of ether oxygens (including phenoxy) is 1. The van der Waals surface area contributed by atoms with Crippen LogP contribution in [-0.4, -0.2) is 18.4 Å². The lowest BCUT2D eigenvalue weighted by Gasteiger charge is -2.17. The average molecular weight is 141 g/mol. The molecule has 0 aliphatic carbocycles. The molecule has 0 spiro atoms. The van der Waals surface area contributed by atoms with E-state index < -0.39 is 0 Å². The smallest absolute Gasteiger partial charge is 0.114 e. The van der Waals surface area contributed by atoms with Crippen molar-refractivity contribution in [1.29, 1.82) is 0 Å². The molecule has 0 saturated carbocycles. The molecule has 1 fully saturated rings. The third-order valence-corrected chi connectivity index (χ3v) is 1.73. The molecule has 1 N–H and O–H groups in total. The Morgan fingerprint density at radius 2 is 2.30 bits per heavy atom. The number of nitrogens with one attached hydrogen (secondary N) is 1. The predicted octanol–water partition coefficient (Wildman–Crippen LogP) is 1.29. The van der Waals surface area contributed by atoms with E-state index >= 15 is 0 Å². The van der Waals surface area contributed by atoms with E-state index in [0.717, 1.165) is 12.2 Å². The van der Waals surface area contributed by atoms with Crippen molar-refractivity contribution in [2.45, 2.75) is 32.5 Å². The molecule has 2 nitrogen and oxygen atoms in total. The molecule has 10 heavy (non-hydrogen) atoms. The first-order valence-corrected chi connectivity index (χ1v) is 3.58. The fourth-order valence-corrected chi connectivity index (χ4v) is 1.06. The molecule has 1 saturated heterocycles. The average Bonchev–Trinajstić information content (AvgIpc) is 2.10. The Morgan fingerprint density at radius 3 is 2.50 bits per heavy atom. The van der Waals surface area contributed by atoms with Crippen molar-refractivity contribution in [2.75, 3.05) is 6.61 Å². The van der Waals surface area contributed by atoms with Crippen molar-refractivity contribution in [1.82, 2.24) is 5.32 Å². The van der Waals surface area contributed by atoms with Gasteiger partial charge in [-0.1, -0.05) is 12.2 Å². The first-order chi connectivity index (χ1) is 4.51. The highest BCUT2D eigenvalue weighted by Crippen LogP contribution is 2.17. The van der Waals surface area contributed by atoms with E-state index in [4.69, 9.17) is 4.74 Å². The molecule has 0 bridgehead atoms. The molecular formula is C8H15NO. The van der Waals surface area contributed by atoms with E-state index in [1.54, 1.807) is 0 Å². The lowest BCUT2D eigenvalue weighted by molar-refractivity contribution is 0.0232. The summed E-state index contributed by atoms with van der Waals surface area (Å²) >= 11 is 0. The summed E-state index contributed by atoms with van der Waals surface area (Å²) in [5.41, 5.74) is 0.981. The summed E-state index contributed by atoms with van der Waals surface area (Å²) in [6.07, 6.45) is 0. The van der Waals surface area contributed by atoms with Crippen molar-refractivity contribution < 1.29 is 4.74 Å². The minimum atomic E-state index is -0.163. The van der Waals surface area contributed by atoms with Crippen LogP contribution < -0.4 is 5.32 Å². The number of hydrogen-bond acceptors (Lipinski definition) is 2. The lowest BCUT2D eigenvalue weighted by Crippen LogP contribution is -2.38. The van der Waals surface area contributed by atoms with Gasteiger partial charge in [0.1, 0.15) is 5.72 Å². The van der Waals surface area contributed by atoms with E-state index in [1.165, 1.54) is 0 Å². The molecule has 1 rings (SSSR count). The number of hydrogen-bond donors (Lipinski definition) is 1. The minimum Gasteiger partial charge on any atom is -0.359 e. The van der Waals surface area contributed by atoms with Gasteiger partial charge in [0.15, 0.2) is 0 Å². The maximum atomic E-state index is 5.44. The predicted molar refractivity (Wildman–Crippen MR) is 41.8 cm³/mol. The van der Waals surface area contributed by atoms with Crippen LogP contribution in [0.2, 0.25) is 0 Å². The summed E-state index contributed by atoms with van der Waals surface area (Å²) in [7, 11) is 0. The molecule has 1 aliphatic heterocycles. The van der Waals surface area contributed by atoms with Crippen LogP contribution >= 0.6 is 0 Å². The SMILES string of the molecule is C=C(C)[C@@H]1COC(C)(C)N1. The molecule has 1 atom stereocenters. The summed E-state index contributed by atoms with van der Waals surface area (Å²) < 4.78 is 5.44. The van der Waals surface area contributed by atoms with E-state index in [1.807, 2.05) is 20.8 Å². The van der Waals surface area contributed by atoms with E-state index in [0.29, 0.717) is 6.04 Å². The van der Waals surface area contributed by atoms with Gasteiger partial charge >= 0.3 is 0 Å². The van der Waals surface area contributed by atoms with Gasteiger partial charge in [-0.05, 0) is 20.8 Å². The fourth-order valence-electron chi connectivity index (χ4n) is 1.06. The topological polar surface area (TPSA) is 21.3 Å². The van der Waals surface area contributed by atoms with Crippen LogP contribution in [0.15, 0.2) is 12.2 Å². The molecule has 0 amide bonds. The molecule has 0 aromatic heterocycles. The van der Waals surface area contributed by atoms with Crippen LogP contribution in [-0.2, 0) is 4.74 Å². The molecule has 0 aromatic rings. The highest BCUT2D eigenvalue weighted by molar-refractivity contribution is 5.05. The Balaban J connectivity index is 2.51. The summed E-state index contributed by atoms with van der Waals surface area (Å²) in [6.45, 7) is 10.7. The van der Waals surface area contributed by atoms with Gasteiger partial charge in [0.2, 0.25) is 0 Å². The van der Waals surface area contributed by atoms with E-state index in [2.05, 4.69) is 11.9 Å². The Labute approximate surface area is 62.3 Å². The maximum absolute atomic E-state index is 5.44. The highest BCUT2D eigenvalue weighted by Gasteiger charge is 2.30. The molecular weight excluding hydrogens is 126 g/mol. The Morgan fingerprint density at radius 1 is 1.70 bits per heavy atom. The molecule has 0 radical (unpaired) electrons. The molecule has 58 valence electrons. The van der Waals surface area contributed by atoms with Gasteiger partial charge in [-0.3, -0.25) is 5.32 Å². The highest BCUT2D eigenvalue weighted by atomic mass is 16.5.